The molecule has 0 saturated carbocycles. The lowest BCUT2D eigenvalue weighted by atomic mass is 9.98. The second-order valence-electron chi connectivity index (χ2n) is 8.71. The van der Waals surface area contributed by atoms with Crippen LogP contribution in [-0.4, -0.2) is 47.2 Å². The van der Waals surface area contributed by atoms with Crippen LogP contribution in [0.3, 0.4) is 0 Å². The maximum absolute atomic E-state index is 13.6. The van der Waals surface area contributed by atoms with Gasteiger partial charge in [-0.3, -0.25) is 9.59 Å². The molecule has 0 unspecified atom stereocenters. The van der Waals surface area contributed by atoms with Crippen LogP contribution < -0.4 is 14.8 Å². The van der Waals surface area contributed by atoms with Crippen LogP contribution in [0.2, 0.25) is 0 Å². The maximum atomic E-state index is 13.6. The molecule has 5 rings (SSSR count). The Morgan fingerprint density at radius 1 is 1.05 bits per heavy atom. The molecule has 1 N–H and O–H groups in total. The minimum atomic E-state index is -0.676. The molecule has 8 nitrogen and oxygen atoms in total. The molecular weight excluding hydrogens is 507 g/mol. The second kappa shape index (κ2) is 11.1. The van der Waals surface area contributed by atoms with E-state index in [-0.39, 0.29) is 24.2 Å². The van der Waals surface area contributed by atoms with Crippen LogP contribution in [0.25, 0.3) is 0 Å². The summed E-state index contributed by atoms with van der Waals surface area (Å²) in [6, 6.07) is 20.5. The van der Waals surface area contributed by atoms with Crippen molar-refractivity contribution in [1.29, 1.82) is 0 Å². The van der Waals surface area contributed by atoms with Gasteiger partial charge in [0.15, 0.2) is 5.17 Å². The molecule has 2 heterocycles. The van der Waals surface area contributed by atoms with E-state index in [1.165, 1.54) is 23.9 Å². The van der Waals surface area contributed by atoms with E-state index >= 15 is 0 Å². The largest absolute Gasteiger partial charge is 0.497 e. The first kappa shape index (κ1) is 25.5. The SMILES string of the molecule is COc1ccc(C2=NN(C3=NC(=O)[C@@H](CC(=O)Nc4cccc(OC)c4)S3)[C@H](c3ccc(F)cc3)C2)cc1. The van der Waals surface area contributed by atoms with Gasteiger partial charge in [-0.1, -0.05) is 30.0 Å². The molecule has 3 aromatic carbocycles. The molecule has 0 radical (unpaired) electrons. The lowest BCUT2D eigenvalue weighted by Crippen LogP contribution is -2.25. The van der Waals surface area contributed by atoms with E-state index < -0.39 is 11.2 Å². The summed E-state index contributed by atoms with van der Waals surface area (Å²) in [6.45, 7) is 0. The van der Waals surface area contributed by atoms with Crippen LogP contribution in [-0.2, 0) is 9.59 Å². The number of carbonyl (C=O) groups excluding carboxylic acids is 2. The van der Waals surface area contributed by atoms with Crippen molar-refractivity contribution < 1.29 is 23.5 Å². The number of amides is 2. The van der Waals surface area contributed by atoms with E-state index in [9.17, 15) is 14.0 Å². The number of amidine groups is 1. The van der Waals surface area contributed by atoms with Crippen molar-refractivity contribution >= 4 is 40.1 Å². The van der Waals surface area contributed by atoms with Gasteiger partial charge in [-0.15, -0.1) is 0 Å². The number of nitrogens with zero attached hydrogens (tertiary/aromatic N) is 3. The number of ether oxygens (including phenoxy) is 2. The number of hydrogen-bond donors (Lipinski definition) is 1. The van der Waals surface area contributed by atoms with Crippen molar-refractivity contribution in [2.24, 2.45) is 10.1 Å². The maximum Gasteiger partial charge on any atom is 0.262 e. The van der Waals surface area contributed by atoms with E-state index in [0.717, 1.165) is 22.6 Å². The fraction of sp³-hybridized carbons (Fsp3) is 0.214. The molecule has 2 aliphatic rings. The van der Waals surface area contributed by atoms with Gasteiger partial charge in [0.25, 0.3) is 5.91 Å². The highest BCUT2D eigenvalue weighted by atomic mass is 32.2. The summed E-state index contributed by atoms with van der Waals surface area (Å²) in [5, 5.41) is 9.05. The Morgan fingerprint density at radius 3 is 2.50 bits per heavy atom. The Morgan fingerprint density at radius 2 is 1.79 bits per heavy atom. The van der Waals surface area contributed by atoms with Gasteiger partial charge >= 0.3 is 0 Å². The molecule has 194 valence electrons. The summed E-state index contributed by atoms with van der Waals surface area (Å²) in [5.41, 5.74) is 3.13. The van der Waals surface area contributed by atoms with Crippen molar-refractivity contribution in [3.8, 4) is 11.5 Å². The molecule has 0 fully saturated rings. The van der Waals surface area contributed by atoms with Gasteiger partial charge in [-0.05, 0) is 59.7 Å². The van der Waals surface area contributed by atoms with E-state index in [2.05, 4.69) is 10.3 Å². The monoisotopic (exact) mass is 532 g/mol. The van der Waals surface area contributed by atoms with Crippen molar-refractivity contribution in [3.63, 3.8) is 0 Å². The van der Waals surface area contributed by atoms with Crippen molar-refractivity contribution in [1.82, 2.24) is 5.01 Å². The molecule has 38 heavy (non-hydrogen) atoms. The number of benzene rings is 3. The first-order chi connectivity index (χ1) is 18.4. The number of nitrogens with one attached hydrogen (secondary N) is 1. The smallest absolute Gasteiger partial charge is 0.262 e. The predicted octanol–water partition coefficient (Wildman–Crippen LogP) is 5.02. The first-order valence-corrected chi connectivity index (χ1v) is 12.8. The molecule has 0 spiro atoms. The Hall–Kier alpha value is -4.18. The fourth-order valence-corrected chi connectivity index (χ4v) is 5.34. The van der Waals surface area contributed by atoms with Gasteiger partial charge < -0.3 is 14.8 Å². The van der Waals surface area contributed by atoms with Gasteiger partial charge in [0.05, 0.1) is 26.0 Å². The van der Waals surface area contributed by atoms with Gasteiger partial charge in [-0.2, -0.15) is 10.1 Å². The summed E-state index contributed by atoms with van der Waals surface area (Å²) in [4.78, 5) is 29.7. The molecule has 2 aliphatic heterocycles. The first-order valence-electron chi connectivity index (χ1n) is 11.9. The summed E-state index contributed by atoms with van der Waals surface area (Å²) in [5.74, 6) is 0.317. The number of aliphatic imine (C=N–C) groups is 1. The van der Waals surface area contributed by atoms with Crippen molar-refractivity contribution in [2.75, 3.05) is 19.5 Å². The van der Waals surface area contributed by atoms with Crippen LogP contribution in [0, 0.1) is 5.82 Å². The van der Waals surface area contributed by atoms with Crippen LogP contribution in [0.5, 0.6) is 11.5 Å². The van der Waals surface area contributed by atoms with Crippen LogP contribution in [0.4, 0.5) is 10.1 Å². The Bertz CT molecular complexity index is 1410. The molecule has 0 aromatic heterocycles. The number of hydrazone groups is 1. The van der Waals surface area contributed by atoms with E-state index in [1.54, 1.807) is 55.6 Å². The fourth-order valence-electron chi connectivity index (χ4n) is 4.27. The number of rotatable bonds is 7. The normalized spacial score (nSPS) is 18.7. The van der Waals surface area contributed by atoms with Crippen molar-refractivity contribution in [2.45, 2.75) is 24.1 Å². The third-order valence-electron chi connectivity index (χ3n) is 6.24. The zero-order chi connectivity index (χ0) is 26.6. The highest BCUT2D eigenvalue weighted by Gasteiger charge is 2.39. The average molecular weight is 533 g/mol. The standard InChI is InChI=1S/C28H25FN4O4S/c1-36-21-12-8-17(9-13-21)23-15-24(18-6-10-19(29)11-7-18)33(32-23)28-31-27(35)25(38-28)16-26(34)30-20-4-3-5-22(14-20)37-2/h3-14,24-25H,15-16H2,1-2H3,(H,30,34)/t24-,25+/m0/s1. The lowest BCUT2D eigenvalue weighted by Gasteiger charge is -2.23. The third-order valence-corrected chi connectivity index (χ3v) is 7.38. The lowest BCUT2D eigenvalue weighted by molar-refractivity contribution is -0.121. The highest BCUT2D eigenvalue weighted by Crippen LogP contribution is 2.39. The second-order valence-corrected chi connectivity index (χ2v) is 9.88. The Labute approximate surface area is 223 Å². The van der Waals surface area contributed by atoms with Gasteiger partial charge in [0, 0.05) is 24.6 Å². The van der Waals surface area contributed by atoms with Gasteiger partial charge in [0.1, 0.15) is 22.6 Å². The minimum Gasteiger partial charge on any atom is -0.497 e. The molecule has 0 aliphatic carbocycles. The number of thioether (sulfide) groups is 1. The number of anilines is 1. The van der Waals surface area contributed by atoms with E-state index in [0.29, 0.717) is 23.0 Å². The number of carbonyl (C=O) groups is 2. The molecule has 2 amide bonds. The Balaban J connectivity index is 1.34. The summed E-state index contributed by atoms with van der Waals surface area (Å²) in [6.07, 6.45) is 0.491. The molecule has 3 aromatic rings. The summed E-state index contributed by atoms with van der Waals surface area (Å²) >= 11 is 1.21. The summed E-state index contributed by atoms with van der Waals surface area (Å²) < 4.78 is 24.1. The third kappa shape index (κ3) is 5.55. The zero-order valence-electron chi connectivity index (χ0n) is 20.8. The van der Waals surface area contributed by atoms with Gasteiger partial charge in [-0.25, -0.2) is 9.40 Å². The molecule has 10 heteroatoms. The Kier molecular flexibility index (Phi) is 7.41. The average Bonchev–Trinajstić information content (AvgIpc) is 3.53. The minimum absolute atomic E-state index is 0.0438. The van der Waals surface area contributed by atoms with Crippen LogP contribution >= 0.6 is 11.8 Å². The highest BCUT2D eigenvalue weighted by molar-refractivity contribution is 8.15. The van der Waals surface area contributed by atoms with Crippen LogP contribution in [0.1, 0.15) is 30.0 Å². The molecule has 2 atom stereocenters. The number of halogens is 1. The summed E-state index contributed by atoms with van der Waals surface area (Å²) in [7, 11) is 3.15. The zero-order valence-corrected chi connectivity index (χ0v) is 21.6. The van der Waals surface area contributed by atoms with Gasteiger partial charge in [0.2, 0.25) is 5.91 Å². The quantitative estimate of drug-likeness (QED) is 0.459. The van der Waals surface area contributed by atoms with E-state index in [4.69, 9.17) is 14.6 Å². The molecular formula is C28H25FN4O4S. The van der Waals surface area contributed by atoms with Crippen molar-refractivity contribution in [3.05, 3.63) is 89.7 Å². The molecule has 0 saturated heterocycles. The van der Waals surface area contributed by atoms with Crippen LogP contribution in [0.15, 0.2) is 82.9 Å². The number of methoxy groups -OCH3 is 2. The predicted molar refractivity (Wildman–Crippen MR) is 145 cm³/mol. The molecule has 0 bridgehead atoms. The topological polar surface area (TPSA) is 92.6 Å². The van der Waals surface area contributed by atoms with E-state index in [1.807, 2.05) is 24.3 Å². The number of hydrogen-bond acceptors (Lipinski definition) is 7.